The lowest BCUT2D eigenvalue weighted by molar-refractivity contribution is -0.274. The van der Waals surface area contributed by atoms with E-state index < -0.39 is 24.0 Å². The van der Waals surface area contributed by atoms with E-state index in [2.05, 4.69) is 14.7 Å². The number of hydrogen-bond acceptors (Lipinski definition) is 3. The molecular weight excluding hydrogens is 352 g/mol. The van der Waals surface area contributed by atoms with Gasteiger partial charge < -0.3 is 14.8 Å². The van der Waals surface area contributed by atoms with Gasteiger partial charge in [0, 0.05) is 5.02 Å². The average Bonchev–Trinajstić information content (AvgIpc) is 2.90. The van der Waals surface area contributed by atoms with Crippen LogP contribution in [0.15, 0.2) is 36.4 Å². The van der Waals surface area contributed by atoms with E-state index in [0.717, 1.165) is 18.2 Å². The van der Waals surface area contributed by atoms with Gasteiger partial charge in [-0.3, -0.25) is 0 Å². The molecule has 1 atom stereocenters. The maximum absolute atomic E-state index is 13.8. The third-order valence-corrected chi connectivity index (χ3v) is 3.43. The molecule has 2 N–H and O–H groups in total. The number of nitrogens with one attached hydrogen (secondary N) is 1. The first kappa shape index (κ1) is 16.5. The van der Waals surface area contributed by atoms with Gasteiger partial charge in [-0.2, -0.15) is 0 Å². The highest BCUT2D eigenvalue weighted by molar-refractivity contribution is 6.31. The van der Waals surface area contributed by atoms with Crippen LogP contribution in [0.4, 0.5) is 17.6 Å². The molecule has 0 aliphatic carbocycles. The number of H-pyrrole nitrogens is 1. The van der Waals surface area contributed by atoms with E-state index in [1.54, 1.807) is 0 Å². The molecule has 0 spiro atoms. The average molecular weight is 361 g/mol. The van der Waals surface area contributed by atoms with Crippen molar-refractivity contribution in [3.63, 3.8) is 0 Å². The van der Waals surface area contributed by atoms with Gasteiger partial charge in [-0.05, 0) is 29.8 Å². The fourth-order valence-electron chi connectivity index (χ4n) is 2.20. The number of aromatic amines is 1. The Kier molecular flexibility index (Phi) is 4.10. The quantitative estimate of drug-likeness (QED) is 0.683. The molecule has 1 unspecified atom stereocenters. The minimum Gasteiger partial charge on any atom is -0.406 e. The summed E-state index contributed by atoms with van der Waals surface area (Å²) in [5.74, 6) is -1.03. The Morgan fingerprint density at radius 2 is 1.83 bits per heavy atom. The first-order valence-electron chi connectivity index (χ1n) is 6.61. The Morgan fingerprint density at radius 3 is 2.46 bits per heavy atom. The molecule has 3 aromatic rings. The van der Waals surface area contributed by atoms with Gasteiger partial charge in [0.15, 0.2) is 5.82 Å². The van der Waals surface area contributed by atoms with Crippen molar-refractivity contribution < 1.29 is 27.4 Å². The number of imidazole rings is 1. The van der Waals surface area contributed by atoms with Gasteiger partial charge in [0.1, 0.15) is 23.2 Å². The molecular formula is C15H9ClF4N2O2. The molecule has 0 aliphatic heterocycles. The molecule has 4 nitrogen and oxygen atoms in total. The van der Waals surface area contributed by atoms with Crippen molar-refractivity contribution in [2.24, 2.45) is 0 Å². The number of ether oxygens (including phenoxy) is 1. The number of alkyl halides is 3. The molecule has 2 aromatic carbocycles. The molecule has 0 saturated carbocycles. The van der Waals surface area contributed by atoms with Crippen molar-refractivity contribution in [2.75, 3.05) is 0 Å². The number of fused-ring (bicyclic) bond motifs is 1. The van der Waals surface area contributed by atoms with E-state index in [1.165, 1.54) is 18.2 Å². The van der Waals surface area contributed by atoms with Crippen LogP contribution in [0.5, 0.6) is 5.75 Å². The molecule has 0 saturated heterocycles. The number of halogens is 5. The second kappa shape index (κ2) is 5.95. The second-order valence-electron chi connectivity index (χ2n) is 4.93. The van der Waals surface area contributed by atoms with E-state index in [1.807, 2.05) is 0 Å². The van der Waals surface area contributed by atoms with Crippen LogP contribution in [0.3, 0.4) is 0 Å². The molecule has 24 heavy (non-hydrogen) atoms. The smallest absolute Gasteiger partial charge is 0.406 e. The lowest BCUT2D eigenvalue weighted by atomic mass is 10.1. The Hall–Kier alpha value is -2.32. The van der Waals surface area contributed by atoms with E-state index in [4.69, 9.17) is 11.6 Å². The molecule has 0 bridgehead atoms. The third kappa shape index (κ3) is 3.44. The summed E-state index contributed by atoms with van der Waals surface area (Å²) in [6.45, 7) is 0. The topological polar surface area (TPSA) is 58.1 Å². The largest absolute Gasteiger partial charge is 0.573 e. The van der Waals surface area contributed by atoms with Crippen LogP contribution in [-0.2, 0) is 0 Å². The normalized spacial score (nSPS) is 13.2. The molecule has 0 amide bonds. The highest BCUT2D eigenvalue weighted by Crippen LogP contribution is 2.28. The zero-order chi connectivity index (χ0) is 17.5. The Balaban J connectivity index is 1.89. The van der Waals surface area contributed by atoms with Gasteiger partial charge in [0.25, 0.3) is 0 Å². The van der Waals surface area contributed by atoms with Crippen molar-refractivity contribution in [1.29, 1.82) is 0 Å². The monoisotopic (exact) mass is 360 g/mol. The summed E-state index contributed by atoms with van der Waals surface area (Å²) in [6, 6.07) is 7.16. The predicted molar refractivity (Wildman–Crippen MR) is 78.2 cm³/mol. The van der Waals surface area contributed by atoms with Crippen LogP contribution in [-0.4, -0.2) is 21.4 Å². The summed E-state index contributed by atoms with van der Waals surface area (Å²) in [5.41, 5.74) is 0.562. The molecule has 1 heterocycles. The van der Waals surface area contributed by atoms with E-state index in [-0.39, 0.29) is 21.9 Å². The minimum atomic E-state index is -4.80. The summed E-state index contributed by atoms with van der Waals surface area (Å²) in [4.78, 5) is 6.69. The first-order valence-corrected chi connectivity index (χ1v) is 6.99. The second-order valence-corrected chi connectivity index (χ2v) is 5.36. The summed E-state index contributed by atoms with van der Waals surface area (Å²) in [7, 11) is 0. The summed E-state index contributed by atoms with van der Waals surface area (Å²) in [6.07, 6.45) is -6.08. The van der Waals surface area contributed by atoms with Crippen molar-refractivity contribution >= 4 is 22.6 Å². The summed E-state index contributed by atoms with van der Waals surface area (Å²) in [5, 5.41) is 10.4. The number of hydrogen-bond donors (Lipinski definition) is 2. The van der Waals surface area contributed by atoms with Gasteiger partial charge in [0.2, 0.25) is 0 Å². The van der Waals surface area contributed by atoms with Gasteiger partial charge in [-0.1, -0.05) is 23.7 Å². The number of rotatable bonds is 3. The lowest BCUT2D eigenvalue weighted by Crippen LogP contribution is -2.17. The molecule has 126 valence electrons. The van der Waals surface area contributed by atoms with Gasteiger partial charge in [-0.25, -0.2) is 9.37 Å². The van der Waals surface area contributed by atoms with Crippen LogP contribution in [0, 0.1) is 5.82 Å². The lowest BCUT2D eigenvalue weighted by Gasteiger charge is -2.11. The van der Waals surface area contributed by atoms with Crippen molar-refractivity contribution in [3.8, 4) is 5.75 Å². The Labute approximate surface area is 137 Å². The molecule has 0 fully saturated rings. The number of aliphatic hydroxyl groups is 1. The van der Waals surface area contributed by atoms with E-state index in [9.17, 15) is 22.7 Å². The first-order chi connectivity index (χ1) is 11.2. The number of aromatic nitrogens is 2. The maximum atomic E-state index is 13.8. The minimum absolute atomic E-state index is 0.00507. The van der Waals surface area contributed by atoms with E-state index >= 15 is 0 Å². The fourth-order valence-corrected chi connectivity index (χ4v) is 2.41. The predicted octanol–water partition coefficient (Wildman–Crippen LogP) is 4.34. The van der Waals surface area contributed by atoms with Crippen LogP contribution in [0.2, 0.25) is 5.02 Å². The highest BCUT2D eigenvalue weighted by atomic mass is 35.5. The highest BCUT2D eigenvalue weighted by Gasteiger charge is 2.31. The van der Waals surface area contributed by atoms with Crippen LogP contribution in [0.1, 0.15) is 17.5 Å². The van der Waals surface area contributed by atoms with Crippen molar-refractivity contribution in [2.45, 2.75) is 12.5 Å². The number of nitrogens with zero attached hydrogens (tertiary/aromatic N) is 1. The molecule has 0 aliphatic rings. The molecule has 0 radical (unpaired) electrons. The molecule has 1 aromatic heterocycles. The van der Waals surface area contributed by atoms with Crippen LogP contribution >= 0.6 is 11.6 Å². The van der Waals surface area contributed by atoms with Gasteiger partial charge >= 0.3 is 6.36 Å². The molecule has 3 rings (SSSR count). The number of aliphatic hydroxyl groups excluding tert-OH is 1. The van der Waals surface area contributed by atoms with Crippen LogP contribution in [0.25, 0.3) is 11.0 Å². The van der Waals surface area contributed by atoms with Gasteiger partial charge in [0.05, 0.1) is 5.52 Å². The van der Waals surface area contributed by atoms with Gasteiger partial charge in [-0.15, -0.1) is 13.2 Å². The fraction of sp³-hybridized carbons (Fsp3) is 0.133. The maximum Gasteiger partial charge on any atom is 0.573 e. The third-order valence-electron chi connectivity index (χ3n) is 3.21. The standard InChI is InChI=1S/C15H9ClF4N2O2/c16-8-5-10(17)12-11(6-8)21-14(22-12)13(23)7-1-3-9(4-2-7)24-15(18,19)20/h1-6,13,23H,(H,21,22). The zero-order valence-electron chi connectivity index (χ0n) is 11.7. The summed E-state index contributed by atoms with van der Waals surface area (Å²) >= 11 is 5.74. The SMILES string of the molecule is OC(c1ccc(OC(F)(F)F)cc1)c1nc2c(F)cc(Cl)cc2[nH]1. The van der Waals surface area contributed by atoms with Crippen molar-refractivity contribution in [1.82, 2.24) is 9.97 Å². The Morgan fingerprint density at radius 1 is 1.17 bits per heavy atom. The number of benzene rings is 2. The molecule has 9 heteroatoms. The zero-order valence-corrected chi connectivity index (χ0v) is 12.5. The van der Waals surface area contributed by atoms with Crippen LogP contribution < -0.4 is 4.74 Å². The summed E-state index contributed by atoms with van der Waals surface area (Å²) < 4.78 is 53.9. The van der Waals surface area contributed by atoms with Crippen molar-refractivity contribution in [3.05, 3.63) is 58.6 Å². The Bertz CT molecular complexity index is 878. The van der Waals surface area contributed by atoms with E-state index in [0.29, 0.717) is 5.52 Å².